The summed E-state index contributed by atoms with van der Waals surface area (Å²) >= 11 is 9.97. The van der Waals surface area contributed by atoms with Crippen LogP contribution in [0.25, 0.3) is 6.08 Å². The second-order valence-electron chi connectivity index (χ2n) is 6.13. The summed E-state index contributed by atoms with van der Waals surface area (Å²) in [4.78, 5) is 27.5. The largest absolute Gasteiger partial charge is 0.449 e. The van der Waals surface area contributed by atoms with Gasteiger partial charge in [-0.05, 0) is 76.7 Å². The van der Waals surface area contributed by atoms with Crippen LogP contribution in [0, 0.1) is 5.82 Å². The van der Waals surface area contributed by atoms with E-state index in [4.69, 9.17) is 16.6 Å². The summed E-state index contributed by atoms with van der Waals surface area (Å²) in [5.74, 6) is -1.38. The highest BCUT2D eigenvalue weighted by Crippen LogP contribution is 2.36. The van der Waals surface area contributed by atoms with Crippen molar-refractivity contribution in [1.29, 1.82) is 0 Å². The van der Waals surface area contributed by atoms with Crippen LogP contribution in [0.2, 0.25) is 0 Å². The van der Waals surface area contributed by atoms with Crippen molar-refractivity contribution >= 4 is 68.6 Å². The first kappa shape index (κ1) is 20.5. The summed E-state index contributed by atoms with van der Waals surface area (Å²) < 4.78 is 19.7. The van der Waals surface area contributed by atoms with Gasteiger partial charge in [-0.1, -0.05) is 30.0 Å². The van der Waals surface area contributed by atoms with Gasteiger partial charge in [-0.25, -0.2) is 4.39 Å². The molecular formula is C21H12BrFN2O3S2. The van der Waals surface area contributed by atoms with Crippen LogP contribution in [-0.4, -0.2) is 16.9 Å². The van der Waals surface area contributed by atoms with Crippen molar-refractivity contribution in [1.82, 2.24) is 5.32 Å². The van der Waals surface area contributed by atoms with Crippen molar-refractivity contribution in [2.75, 3.05) is 4.90 Å². The van der Waals surface area contributed by atoms with E-state index >= 15 is 0 Å². The van der Waals surface area contributed by atoms with Gasteiger partial charge < -0.3 is 4.42 Å². The van der Waals surface area contributed by atoms with E-state index in [1.54, 1.807) is 6.07 Å². The third-order valence-corrected chi connectivity index (χ3v) is 6.23. The minimum atomic E-state index is -0.631. The second-order valence-corrected chi connectivity index (χ2v) is 8.42. The van der Waals surface area contributed by atoms with E-state index < -0.39 is 17.6 Å². The molecule has 2 amide bonds. The number of halogens is 2. The number of carbonyl (C=O) groups is 2. The number of rotatable bonds is 4. The molecule has 0 bridgehead atoms. The van der Waals surface area contributed by atoms with Crippen LogP contribution in [0.4, 0.5) is 10.1 Å². The zero-order valence-corrected chi connectivity index (χ0v) is 18.3. The average molecular weight is 503 g/mol. The molecule has 0 unspecified atom stereocenters. The topological polar surface area (TPSA) is 62.6 Å². The van der Waals surface area contributed by atoms with E-state index in [0.29, 0.717) is 21.0 Å². The maximum atomic E-state index is 13.2. The minimum absolute atomic E-state index is 0.0743. The zero-order valence-electron chi connectivity index (χ0n) is 15.1. The first-order valence-electron chi connectivity index (χ1n) is 8.61. The summed E-state index contributed by atoms with van der Waals surface area (Å²) in [6, 6.07) is 16.5. The highest BCUT2D eigenvalue weighted by molar-refractivity contribution is 9.10. The van der Waals surface area contributed by atoms with E-state index in [1.165, 1.54) is 42.1 Å². The predicted molar refractivity (Wildman–Crippen MR) is 120 cm³/mol. The monoisotopic (exact) mass is 502 g/mol. The van der Waals surface area contributed by atoms with E-state index in [1.807, 2.05) is 30.3 Å². The SMILES string of the molecule is O=C1NC(=S)N(c2ccc(F)cc2)C(=O)/C1=C/c1cc(Br)c(Sc2ccccc2)o1. The quantitative estimate of drug-likeness (QED) is 0.303. The number of hydrogen-bond donors (Lipinski definition) is 1. The number of nitrogens with one attached hydrogen (secondary N) is 1. The fraction of sp³-hybridized carbons (Fsp3) is 0. The van der Waals surface area contributed by atoms with Crippen LogP contribution in [0.15, 0.2) is 85.1 Å². The number of hydrogen-bond acceptors (Lipinski definition) is 5. The molecule has 0 aliphatic carbocycles. The highest BCUT2D eigenvalue weighted by Gasteiger charge is 2.34. The Morgan fingerprint density at radius 2 is 1.80 bits per heavy atom. The van der Waals surface area contributed by atoms with E-state index in [0.717, 1.165) is 9.80 Å². The Kier molecular flexibility index (Phi) is 5.85. The lowest BCUT2D eigenvalue weighted by atomic mass is 10.1. The normalized spacial score (nSPS) is 15.6. The fourth-order valence-electron chi connectivity index (χ4n) is 2.73. The first-order chi connectivity index (χ1) is 14.4. The molecule has 1 aliphatic heterocycles. The summed E-state index contributed by atoms with van der Waals surface area (Å²) in [5.41, 5.74) is 0.198. The lowest BCUT2D eigenvalue weighted by molar-refractivity contribution is -0.122. The van der Waals surface area contributed by atoms with E-state index in [-0.39, 0.29) is 10.7 Å². The van der Waals surface area contributed by atoms with Crippen LogP contribution >= 0.6 is 39.9 Å². The lowest BCUT2D eigenvalue weighted by Crippen LogP contribution is -2.54. The first-order valence-corrected chi connectivity index (χ1v) is 10.6. The number of amides is 2. The summed E-state index contributed by atoms with van der Waals surface area (Å²) in [6.45, 7) is 0. The Morgan fingerprint density at radius 3 is 2.50 bits per heavy atom. The smallest absolute Gasteiger partial charge is 0.270 e. The van der Waals surface area contributed by atoms with Crippen molar-refractivity contribution < 1.29 is 18.4 Å². The molecule has 2 heterocycles. The molecule has 0 radical (unpaired) electrons. The Labute approximate surface area is 189 Å². The van der Waals surface area contributed by atoms with Gasteiger partial charge in [0.2, 0.25) is 0 Å². The van der Waals surface area contributed by atoms with Crippen molar-refractivity contribution in [3.05, 3.63) is 82.3 Å². The van der Waals surface area contributed by atoms with Crippen LogP contribution < -0.4 is 10.2 Å². The molecule has 3 aromatic rings. The van der Waals surface area contributed by atoms with Gasteiger partial charge in [-0.15, -0.1) is 0 Å². The van der Waals surface area contributed by atoms with Crippen LogP contribution in [-0.2, 0) is 9.59 Å². The fourth-order valence-corrected chi connectivity index (χ4v) is 4.36. The molecule has 0 spiro atoms. The maximum absolute atomic E-state index is 13.2. The average Bonchev–Trinajstić information content (AvgIpc) is 3.06. The van der Waals surface area contributed by atoms with Crippen molar-refractivity contribution in [3.63, 3.8) is 0 Å². The maximum Gasteiger partial charge on any atom is 0.270 e. The summed E-state index contributed by atoms with van der Waals surface area (Å²) in [7, 11) is 0. The Bertz CT molecular complexity index is 1180. The Balaban J connectivity index is 1.64. The van der Waals surface area contributed by atoms with E-state index in [9.17, 15) is 14.0 Å². The van der Waals surface area contributed by atoms with Crippen molar-refractivity contribution in [2.24, 2.45) is 0 Å². The predicted octanol–water partition coefficient (Wildman–Crippen LogP) is 5.16. The minimum Gasteiger partial charge on any atom is -0.449 e. The van der Waals surface area contributed by atoms with Gasteiger partial charge in [0.25, 0.3) is 11.8 Å². The molecule has 0 atom stereocenters. The van der Waals surface area contributed by atoms with Gasteiger partial charge in [-0.2, -0.15) is 0 Å². The Morgan fingerprint density at radius 1 is 1.10 bits per heavy atom. The highest BCUT2D eigenvalue weighted by atomic mass is 79.9. The van der Waals surface area contributed by atoms with Crippen LogP contribution in [0.3, 0.4) is 0 Å². The van der Waals surface area contributed by atoms with Crippen molar-refractivity contribution in [2.45, 2.75) is 9.99 Å². The molecule has 5 nitrogen and oxygen atoms in total. The molecule has 4 rings (SSSR count). The van der Waals surface area contributed by atoms with Gasteiger partial charge in [0.05, 0.1) is 10.2 Å². The third-order valence-electron chi connectivity index (χ3n) is 4.10. The van der Waals surface area contributed by atoms with Gasteiger partial charge in [0.15, 0.2) is 10.2 Å². The van der Waals surface area contributed by atoms with E-state index in [2.05, 4.69) is 21.2 Å². The van der Waals surface area contributed by atoms with Gasteiger partial charge in [0.1, 0.15) is 17.2 Å². The molecule has 1 aromatic heterocycles. The Hall–Kier alpha value is -2.75. The molecule has 1 N–H and O–H groups in total. The molecule has 2 aromatic carbocycles. The summed E-state index contributed by atoms with van der Waals surface area (Å²) in [6.07, 6.45) is 1.36. The molecule has 1 fully saturated rings. The molecular weight excluding hydrogens is 491 g/mol. The van der Waals surface area contributed by atoms with Gasteiger partial charge >= 0.3 is 0 Å². The second kappa shape index (κ2) is 8.55. The molecule has 9 heteroatoms. The number of furan rings is 1. The summed E-state index contributed by atoms with van der Waals surface area (Å²) in [5, 5.41) is 2.99. The molecule has 0 saturated carbocycles. The lowest BCUT2D eigenvalue weighted by Gasteiger charge is -2.28. The molecule has 150 valence electrons. The number of anilines is 1. The number of benzene rings is 2. The van der Waals surface area contributed by atoms with Crippen LogP contribution in [0.5, 0.6) is 0 Å². The number of carbonyl (C=O) groups excluding carboxylic acids is 2. The third kappa shape index (κ3) is 4.23. The molecule has 1 saturated heterocycles. The standard InChI is InChI=1S/C21H12BrFN2O3S2/c22-17-11-14(28-20(17)30-15-4-2-1-3-5-15)10-16-18(26)24-21(29)25(19(16)27)13-8-6-12(23)7-9-13/h1-11H,(H,24,26,29)/b16-10+. The van der Waals surface area contributed by atoms with Gasteiger partial charge in [-0.3, -0.25) is 19.8 Å². The van der Waals surface area contributed by atoms with Crippen LogP contribution in [0.1, 0.15) is 5.76 Å². The molecule has 30 heavy (non-hydrogen) atoms. The number of nitrogens with zero attached hydrogens (tertiary/aromatic N) is 1. The zero-order chi connectivity index (χ0) is 21.3. The number of thiocarbonyl (C=S) groups is 1. The molecule has 1 aliphatic rings. The van der Waals surface area contributed by atoms with Crippen molar-refractivity contribution in [3.8, 4) is 0 Å². The van der Waals surface area contributed by atoms with Gasteiger partial charge in [0, 0.05) is 4.90 Å².